The number of nitrogens with one attached hydrogen (secondary N) is 1. The summed E-state index contributed by atoms with van der Waals surface area (Å²) in [6.07, 6.45) is 3.31. The molecule has 0 saturated carbocycles. The zero-order chi connectivity index (χ0) is 19.1. The highest BCUT2D eigenvalue weighted by atomic mass is 35.5. The summed E-state index contributed by atoms with van der Waals surface area (Å²) in [5, 5.41) is 2.92. The fraction of sp³-hybridized carbons (Fsp3) is 0.125. The van der Waals surface area contributed by atoms with E-state index in [1.807, 2.05) is 0 Å². The van der Waals surface area contributed by atoms with Crippen LogP contribution in [-0.2, 0) is 9.84 Å². The van der Waals surface area contributed by atoms with E-state index >= 15 is 0 Å². The molecule has 0 aliphatic heterocycles. The summed E-state index contributed by atoms with van der Waals surface area (Å²) in [6, 6.07) is 4.51. The van der Waals surface area contributed by atoms with Crippen molar-refractivity contribution >= 4 is 38.7 Å². The lowest BCUT2D eigenvalue weighted by atomic mass is 10.0. The van der Waals surface area contributed by atoms with E-state index in [0.717, 1.165) is 6.26 Å². The van der Waals surface area contributed by atoms with Gasteiger partial charge in [-0.15, -0.1) is 0 Å². The third-order valence-corrected chi connectivity index (χ3v) is 5.01. The van der Waals surface area contributed by atoms with Gasteiger partial charge in [-0.1, -0.05) is 11.6 Å². The fourth-order valence-electron chi connectivity index (χ4n) is 2.47. The lowest BCUT2D eigenvalue weighted by molar-refractivity contribution is 0.0974. The maximum atomic E-state index is 12.7. The van der Waals surface area contributed by atoms with Crippen LogP contribution in [0.25, 0.3) is 0 Å². The fourth-order valence-corrected chi connectivity index (χ4v) is 3.67. The summed E-state index contributed by atoms with van der Waals surface area (Å²) in [5.41, 5.74) is -0.601. The maximum Gasteiger partial charge on any atom is 0.231 e. The van der Waals surface area contributed by atoms with Gasteiger partial charge in [0.15, 0.2) is 9.84 Å². The van der Waals surface area contributed by atoms with Gasteiger partial charge in [-0.2, -0.15) is 0 Å². The lowest BCUT2D eigenvalue weighted by Crippen LogP contribution is -2.31. The summed E-state index contributed by atoms with van der Waals surface area (Å²) in [7, 11) is -2.58. The number of rotatable bonds is 4. The molecule has 0 spiro atoms. The van der Waals surface area contributed by atoms with Crippen molar-refractivity contribution in [3.8, 4) is 5.75 Å². The molecule has 0 unspecified atom stereocenters. The topological polar surface area (TPSA) is 115 Å². The highest BCUT2D eigenvalue weighted by Crippen LogP contribution is 2.31. The van der Waals surface area contributed by atoms with Gasteiger partial charge in [-0.25, -0.2) is 18.4 Å². The number of carbonyl (C=O) groups is 2. The highest BCUT2D eigenvalue weighted by molar-refractivity contribution is 7.95. The third kappa shape index (κ3) is 3.06. The van der Waals surface area contributed by atoms with Gasteiger partial charge in [0.1, 0.15) is 27.7 Å². The summed E-state index contributed by atoms with van der Waals surface area (Å²) in [4.78, 5) is 32.3. The number of halogens is 1. The Hall–Kier alpha value is -2.78. The van der Waals surface area contributed by atoms with Gasteiger partial charge in [0.05, 0.1) is 12.1 Å². The van der Waals surface area contributed by atoms with E-state index in [9.17, 15) is 18.0 Å². The number of sulfone groups is 1. The van der Waals surface area contributed by atoms with Gasteiger partial charge < -0.3 is 10.1 Å². The van der Waals surface area contributed by atoms with Crippen LogP contribution in [0.2, 0.25) is 5.02 Å². The molecule has 1 aliphatic carbocycles. The van der Waals surface area contributed by atoms with Crippen LogP contribution >= 0.6 is 11.6 Å². The minimum absolute atomic E-state index is 0.216. The molecule has 0 atom stereocenters. The Morgan fingerprint density at radius 1 is 1.08 bits per heavy atom. The molecule has 10 heteroatoms. The van der Waals surface area contributed by atoms with E-state index in [0.29, 0.717) is 11.4 Å². The molecule has 0 fully saturated rings. The van der Waals surface area contributed by atoms with Gasteiger partial charge in [-0.3, -0.25) is 9.59 Å². The molecular formula is C16H12ClN3O5S. The van der Waals surface area contributed by atoms with Crippen molar-refractivity contribution in [1.82, 2.24) is 9.97 Å². The van der Waals surface area contributed by atoms with Gasteiger partial charge >= 0.3 is 0 Å². The average molecular weight is 394 g/mol. The average Bonchev–Trinajstić information content (AvgIpc) is 2.58. The first-order valence-electron chi connectivity index (χ1n) is 7.19. The zero-order valence-electron chi connectivity index (χ0n) is 13.6. The number of aromatic nitrogens is 2. The zero-order valence-corrected chi connectivity index (χ0v) is 15.2. The second-order valence-corrected chi connectivity index (χ2v) is 7.72. The number of anilines is 1. The minimum atomic E-state index is -4.02. The summed E-state index contributed by atoms with van der Waals surface area (Å²) in [5.74, 6) is -1.24. The van der Waals surface area contributed by atoms with Gasteiger partial charge in [0, 0.05) is 24.3 Å². The SMILES string of the molecule is COc1ccc(NC2=C(S(C)(=O)=O)C(=O)c3nccnc3C2=O)cc1Cl. The molecular weight excluding hydrogens is 382 g/mol. The molecule has 2 aromatic rings. The molecule has 8 nitrogen and oxygen atoms in total. The Morgan fingerprint density at radius 3 is 2.23 bits per heavy atom. The molecule has 134 valence electrons. The van der Waals surface area contributed by atoms with E-state index in [1.54, 1.807) is 0 Å². The van der Waals surface area contributed by atoms with E-state index in [2.05, 4.69) is 15.3 Å². The third-order valence-electron chi connectivity index (χ3n) is 3.58. The van der Waals surface area contributed by atoms with Crippen LogP contribution in [-0.4, -0.2) is 43.3 Å². The Kier molecular flexibility index (Phi) is 4.51. The molecule has 0 amide bonds. The smallest absolute Gasteiger partial charge is 0.231 e. The normalized spacial score (nSPS) is 14.3. The number of methoxy groups -OCH3 is 1. The van der Waals surface area contributed by atoms with Crippen LogP contribution < -0.4 is 10.1 Å². The van der Waals surface area contributed by atoms with Crippen molar-refractivity contribution in [2.24, 2.45) is 0 Å². The Balaban J connectivity index is 2.17. The van der Waals surface area contributed by atoms with Crippen molar-refractivity contribution in [3.05, 3.63) is 57.6 Å². The molecule has 26 heavy (non-hydrogen) atoms. The summed E-state index contributed by atoms with van der Waals surface area (Å²) in [6.45, 7) is 0. The van der Waals surface area contributed by atoms with E-state index in [-0.39, 0.29) is 16.4 Å². The first kappa shape index (κ1) is 18.0. The number of benzene rings is 1. The number of ketones is 2. The van der Waals surface area contributed by atoms with Crippen molar-refractivity contribution in [2.75, 3.05) is 18.7 Å². The van der Waals surface area contributed by atoms with E-state index in [1.165, 1.54) is 37.7 Å². The number of Topliss-reactive ketones (excluding diaryl/α,β-unsaturated/α-hetero) is 2. The number of ether oxygens (including phenoxy) is 1. The van der Waals surface area contributed by atoms with Crippen molar-refractivity contribution in [1.29, 1.82) is 0 Å². The molecule has 1 N–H and O–H groups in total. The number of hydrogen-bond acceptors (Lipinski definition) is 8. The number of carbonyl (C=O) groups excluding carboxylic acids is 2. The largest absolute Gasteiger partial charge is 0.495 e. The first-order valence-corrected chi connectivity index (χ1v) is 9.46. The predicted octanol–water partition coefficient (Wildman–Crippen LogP) is 1.89. The van der Waals surface area contributed by atoms with Crippen LogP contribution in [0, 0.1) is 0 Å². The number of hydrogen-bond donors (Lipinski definition) is 1. The second-order valence-electron chi connectivity index (χ2n) is 5.36. The predicted molar refractivity (Wildman–Crippen MR) is 94.2 cm³/mol. The molecule has 1 aromatic heterocycles. The molecule has 1 aliphatic rings. The van der Waals surface area contributed by atoms with Crippen LogP contribution in [0.15, 0.2) is 41.2 Å². The van der Waals surface area contributed by atoms with Crippen LogP contribution in [0.4, 0.5) is 5.69 Å². The van der Waals surface area contributed by atoms with Gasteiger partial charge in [0.2, 0.25) is 11.6 Å². The van der Waals surface area contributed by atoms with Gasteiger partial charge in [-0.05, 0) is 18.2 Å². The molecule has 3 rings (SSSR count). The van der Waals surface area contributed by atoms with Crippen molar-refractivity contribution in [3.63, 3.8) is 0 Å². The lowest BCUT2D eigenvalue weighted by Gasteiger charge is -2.19. The number of nitrogens with zero attached hydrogens (tertiary/aromatic N) is 2. The molecule has 0 saturated heterocycles. The number of allylic oxidation sites excluding steroid dienone is 2. The molecule has 1 heterocycles. The highest BCUT2D eigenvalue weighted by Gasteiger charge is 2.39. The van der Waals surface area contributed by atoms with Crippen molar-refractivity contribution in [2.45, 2.75) is 0 Å². The van der Waals surface area contributed by atoms with Gasteiger partial charge in [0.25, 0.3) is 0 Å². The molecule has 0 bridgehead atoms. The summed E-state index contributed by atoms with van der Waals surface area (Å²) >= 11 is 6.05. The minimum Gasteiger partial charge on any atom is -0.495 e. The summed E-state index contributed by atoms with van der Waals surface area (Å²) < 4.78 is 29.4. The standard InChI is InChI=1S/C16H12ClN3O5S/c1-25-10-4-3-8(7-9(10)17)20-13-14(21)11-12(19-6-5-18-11)15(22)16(13)26(2,23)24/h3-7,20H,1-2H3. The quantitative estimate of drug-likeness (QED) is 0.837. The Bertz CT molecular complexity index is 1080. The second kappa shape index (κ2) is 6.50. The molecule has 0 radical (unpaired) electrons. The van der Waals surface area contributed by atoms with Crippen LogP contribution in [0.3, 0.4) is 0 Å². The van der Waals surface area contributed by atoms with E-state index < -0.39 is 32.0 Å². The van der Waals surface area contributed by atoms with Crippen LogP contribution in [0.1, 0.15) is 21.0 Å². The monoisotopic (exact) mass is 393 g/mol. The van der Waals surface area contributed by atoms with E-state index in [4.69, 9.17) is 16.3 Å². The van der Waals surface area contributed by atoms with Crippen LogP contribution in [0.5, 0.6) is 5.75 Å². The first-order chi connectivity index (χ1) is 12.2. The van der Waals surface area contributed by atoms with Crippen molar-refractivity contribution < 1.29 is 22.7 Å². The molecule has 1 aromatic carbocycles. The number of fused-ring (bicyclic) bond motifs is 1. The Morgan fingerprint density at radius 2 is 1.69 bits per heavy atom. The Labute approximate surface area is 153 Å². The maximum absolute atomic E-state index is 12.7.